The maximum atomic E-state index is 13.4. The number of pyridine rings is 1. The number of halogens is 1. The highest BCUT2D eigenvalue weighted by Crippen LogP contribution is 2.33. The van der Waals surface area contributed by atoms with Crippen molar-refractivity contribution >= 4 is 23.5 Å². The van der Waals surface area contributed by atoms with Gasteiger partial charge in [0.05, 0.1) is 12.2 Å². The van der Waals surface area contributed by atoms with E-state index in [0.717, 1.165) is 23.7 Å². The Bertz CT molecular complexity index is 1350. The number of aryl methyl sites for hydroxylation is 1. The number of rotatable bonds is 6. The summed E-state index contributed by atoms with van der Waals surface area (Å²) in [5.41, 5.74) is 7.05. The number of imidazole rings is 1. The lowest BCUT2D eigenvalue weighted by Crippen LogP contribution is -2.39. The van der Waals surface area contributed by atoms with Crippen LogP contribution >= 0.6 is 0 Å². The lowest BCUT2D eigenvalue weighted by molar-refractivity contribution is -0.129. The number of anilines is 1. The number of hydrogen-bond acceptors (Lipinski definition) is 6. The molecule has 3 heterocycles. The van der Waals surface area contributed by atoms with Gasteiger partial charge < -0.3 is 21.8 Å². The average molecular weight is 492 g/mol. The van der Waals surface area contributed by atoms with Crippen molar-refractivity contribution < 1.29 is 18.8 Å². The number of nitrogens with two attached hydrogens (primary N) is 2. The molecule has 3 aromatic rings. The van der Waals surface area contributed by atoms with Gasteiger partial charge in [-0.15, -0.1) is 0 Å². The highest BCUT2D eigenvalue weighted by molar-refractivity contribution is 6.04. The first-order valence-corrected chi connectivity index (χ1v) is 11.4. The number of likely N-dealkylation sites (tertiary alicyclic amines) is 1. The van der Waals surface area contributed by atoms with Crippen LogP contribution in [0.15, 0.2) is 49.2 Å². The van der Waals surface area contributed by atoms with Gasteiger partial charge in [0.15, 0.2) is 11.5 Å². The summed E-state index contributed by atoms with van der Waals surface area (Å²) in [7, 11) is 0. The second-order valence-electron chi connectivity index (χ2n) is 8.50. The number of primary amides is 1. The Morgan fingerprint density at radius 2 is 1.94 bits per heavy atom. The molecule has 36 heavy (non-hydrogen) atoms. The minimum absolute atomic E-state index is 0.00948. The van der Waals surface area contributed by atoms with Crippen LogP contribution in [0.1, 0.15) is 57.5 Å². The summed E-state index contributed by atoms with van der Waals surface area (Å²) in [6.07, 6.45) is 4.61. The molecule has 0 radical (unpaired) electrons. The van der Waals surface area contributed by atoms with Gasteiger partial charge in [0.25, 0.3) is 11.8 Å². The van der Waals surface area contributed by atoms with Crippen LogP contribution in [0.3, 0.4) is 0 Å². The number of benzene rings is 1. The van der Waals surface area contributed by atoms with Gasteiger partial charge in [0.2, 0.25) is 5.91 Å². The molecular formula is C25H26FN7O3. The molecule has 1 fully saturated rings. The van der Waals surface area contributed by atoms with E-state index in [0.29, 0.717) is 35.5 Å². The summed E-state index contributed by atoms with van der Waals surface area (Å²) in [6, 6.07) is 7.33. The van der Waals surface area contributed by atoms with Crippen molar-refractivity contribution in [2.45, 2.75) is 32.2 Å². The summed E-state index contributed by atoms with van der Waals surface area (Å²) >= 11 is 0. The van der Waals surface area contributed by atoms with Crippen molar-refractivity contribution in [1.29, 1.82) is 0 Å². The van der Waals surface area contributed by atoms with Crippen LogP contribution in [-0.2, 0) is 4.79 Å². The molecule has 0 aliphatic carbocycles. The molecule has 4 rings (SSSR count). The van der Waals surface area contributed by atoms with Crippen LogP contribution < -0.4 is 16.9 Å². The number of piperidine rings is 1. The molecule has 0 bridgehead atoms. The standard InChI is InChI=1S/C25H26FN7O3/c1-3-20(34)32-11-5-4-6-18(32)24-31-21(22(23(27)35)33(24)28)15-7-9-16(10-8-15)25(36)30-19-12-14(2)17(26)13-29-19/h3,7-10,12-13,18H,1,4-6,11,28H2,2H3,(H2,27,35)(H,29,30,36). The lowest BCUT2D eigenvalue weighted by Gasteiger charge is -2.34. The first-order chi connectivity index (χ1) is 17.2. The second-order valence-corrected chi connectivity index (χ2v) is 8.50. The first kappa shape index (κ1) is 24.6. The number of carbonyl (C=O) groups is 3. The zero-order chi connectivity index (χ0) is 26.0. The summed E-state index contributed by atoms with van der Waals surface area (Å²) < 4.78 is 14.6. The molecule has 0 saturated carbocycles. The van der Waals surface area contributed by atoms with E-state index in [4.69, 9.17) is 11.6 Å². The molecule has 1 aliphatic rings. The predicted octanol–water partition coefficient (Wildman–Crippen LogP) is 2.70. The summed E-state index contributed by atoms with van der Waals surface area (Å²) in [5, 5.41) is 2.62. The number of nitrogens with zero attached hydrogens (tertiary/aromatic N) is 4. The Morgan fingerprint density at radius 1 is 1.22 bits per heavy atom. The van der Waals surface area contributed by atoms with Crippen molar-refractivity contribution in [1.82, 2.24) is 19.5 Å². The normalized spacial score (nSPS) is 15.4. The monoisotopic (exact) mass is 491 g/mol. The average Bonchev–Trinajstić information content (AvgIpc) is 3.23. The molecule has 1 saturated heterocycles. The third-order valence-corrected chi connectivity index (χ3v) is 6.14. The maximum absolute atomic E-state index is 13.4. The number of hydrogen-bond donors (Lipinski definition) is 3. The highest BCUT2D eigenvalue weighted by Gasteiger charge is 2.33. The highest BCUT2D eigenvalue weighted by atomic mass is 19.1. The van der Waals surface area contributed by atoms with Gasteiger partial charge in [0, 0.05) is 17.7 Å². The van der Waals surface area contributed by atoms with Gasteiger partial charge in [-0.05, 0) is 56.0 Å². The fourth-order valence-electron chi connectivity index (χ4n) is 4.28. The Morgan fingerprint density at radius 3 is 2.58 bits per heavy atom. The second kappa shape index (κ2) is 9.98. The largest absolute Gasteiger partial charge is 0.364 e. The van der Waals surface area contributed by atoms with Crippen LogP contribution in [0.5, 0.6) is 0 Å². The van der Waals surface area contributed by atoms with E-state index in [1.54, 1.807) is 36.1 Å². The van der Waals surface area contributed by atoms with Gasteiger partial charge in [-0.3, -0.25) is 14.4 Å². The zero-order valence-corrected chi connectivity index (χ0v) is 19.7. The fraction of sp³-hybridized carbons (Fsp3) is 0.240. The van der Waals surface area contributed by atoms with E-state index in [2.05, 4.69) is 21.9 Å². The van der Waals surface area contributed by atoms with Crippen molar-refractivity contribution in [3.8, 4) is 11.3 Å². The number of nitrogen functional groups attached to an aromatic ring is 1. The third-order valence-electron chi connectivity index (χ3n) is 6.14. The predicted molar refractivity (Wildman–Crippen MR) is 132 cm³/mol. The summed E-state index contributed by atoms with van der Waals surface area (Å²) in [5.74, 6) is 4.89. The molecule has 10 nitrogen and oxygen atoms in total. The Kier molecular flexibility index (Phi) is 6.82. The molecule has 3 amide bonds. The summed E-state index contributed by atoms with van der Waals surface area (Å²) in [6.45, 7) is 5.66. The minimum Gasteiger partial charge on any atom is -0.364 e. The van der Waals surface area contributed by atoms with Gasteiger partial charge in [0.1, 0.15) is 17.3 Å². The molecule has 1 aliphatic heterocycles. The van der Waals surface area contributed by atoms with Crippen molar-refractivity contribution in [3.05, 3.63) is 77.6 Å². The molecule has 186 valence electrons. The molecule has 11 heteroatoms. The van der Waals surface area contributed by atoms with Crippen LogP contribution in [0.2, 0.25) is 0 Å². The van der Waals surface area contributed by atoms with Crippen molar-refractivity contribution in [3.63, 3.8) is 0 Å². The molecule has 1 unspecified atom stereocenters. The Hall–Kier alpha value is -4.54. The quantitative estimate of drug-likeness (QED) is 0.356. The van der Waals surface area contributed by atoms with E-state index in [1.807, 2.05) is 0 Å². The lowest BCUT2D eigenvalue weighted by atomic mass is 10.0. The van der Waals surface area contributed by atoms with Gasteiger partial charge in [-0.25, -0.2) is 19.0 Å². The van der Waals surface area contributed by atoms with E-state index < -0.39 is 23.7 Å². The molecule has 5 N–H and O–H groups in total. The zero-order valence-electron chi connectivity index (χ0n) is 19.7. The van der Waals surface area contributed by atoms with Gasteiger partial charge in [-0.1, -0.05) is 18.7 Å². The Labute approximate surface area is 206 Å². The van der Waals surface area contributed by atoms with Crippen molar-refractivity contribution in [2.24, 2.45) is 5.73 Å². The molecular weight excluding hydrogens is 465 g/mol. The fourth-order valence-corrected chi connectivity index (χ4v) is 4.28. The first-order valence-electron chi connectivity index (χ1n) is 11.4. The molecule has 0 spiro atoms. The third kappa shape index (κ3) is 4.67. The summed E-state index contributed by atoms with van der Waals surface area (Å²) in [4.78, 5) is 47.4. The van der Waals surface area contributed by atoms with E-state index >= 15 is 0 Å². The van der Waals surface area contributed by atoms with Gasteiger partial charge >= 0.3 is 0 Å². The molecule has 1 atom stereocenters. The van der Waals surface area contributed by atoms with E-state index in [-0.39, 0.29) is 23.1 Å². The van der Waals surface area contributed by atoms with E-state index in [9.17, 15) is 18.8 Å². The molecule has 2 aromatic heterocycles. The SMILES string of the molecule is C=CC(=O)N1CCCCC1c1nc(-c2ccc(C(=O)Nc3cc(C)c(F)cn3)cc2)c(C(N)=O)n1N. The minimum atomic E-state index is -0.775. The Balaban J connectivity index is 1.64. The topological polar surface area (TPSA) is 149 Å². The van der Waals surface area contributed by atoms with E-state index in [1.165, 1.54) is 12.1 Å². The van der Waals surface area contributed by atoms with Crippen LogP contribution in [0.4, 0.5) is 10.2 Å². The van der Waals surface area contributed by atoms with Crippen LogP contribution in [0, 0.1) is 12.7 Å². The number of amides is 3. The maximum Gasteiger partial charge on any atom is 0.269 e. The van der Waals surface area contributed by atoms with Gasteiger partial charge in [-0.2, -0.15) is 0 Å². The molecule has 1 aromatic carbocycles. The van der Waals surface area contributed by atoms with Crippen LogP contribution in [-0.4, -0.2) is 43.8 Å². The van der Waals surface area contributed by atoms with Crippen molar-refractivity contribution in [2.75, 3.05) is 17.7 Å². The number of carbonyl (C=O) groups excluding carboxylic acids is 3. The number of nitrogens with one attached hydrogen (secondary N) is 1. The smallest absolute Gasteiger partial charge is 0.269 e. The number of aromatic nitrogens is 3. The van der Waals surface area contributed by atoms with Crippen LogP contribution in [0.25, 0.3) is 11.3 Å².